The maximum Gasteiger partial charge on any atom is 0.0991 e. The van der Waals surface area contributed by atoms with Gasteiger partial charge < -0.3 is 0 Å². The molecule has 0 saturated carbocycles. The van der Waals surface area contributed by atoms with E-state index in [-0.39, 0.29) is 0 Å². The van der Waals surface area contributed by atoms with E-state index in [1.165, 1.54) is 54.2 Å². The Labute approximate surface area is 208 Å². The summed E-state index contributed by atoms with van der Waals surface area (Å²) in [6.07, 6.45) is 0. The summed E-state index contributed by atoms with van der Waals surface area (Å²) in [6, 6.07) is 42.1. The van der Waals surface area contributed by atoms with Crippen LogP contribution in [-0.4, -0.2) is 0 Å². The van der Waals surface area contributed by atoms with Crippen molar-refractivity contribution in [3.8, 4) is 34.4 Å². The van der Waals surface area contributed by atoms with Crippen LogP contribution in [0.25, 0.3) is 65.3 Å². The van der Waals surface area contributed by atoms with E-state index in [4.69, 9.17) is 0 Å². The highest BCUT2D eigenvalue weighted by atomic mass is 14.2. The van der Waals surface area contributed by atoms with Crippen molar-refractivity contribution in [3.05, 3.63) is 120 Å². The molecule has 7 aromatic carbocycles. The molecular formula is C34H18N2. The molecule has 0 saturated heterocycles. The van der Waals surface area contributed by atoms with E-state index in [1.807, 2.05) is 48.5 Å². The number of rotatable bonds is 2. The van der Waals surface area contributed by atoms with E-state index in [1.54, 1.807) is 0 Å². The average Bonchev–Trinajstić information content (AvgIpc) is 2.95. The summed E-state index contributed by atoms with van der Waals surface area (Å²) in [5.41, 5.74) is 5.89. The lowest BCUT2D eigenvalue weighted by atomic mass is 9.85. The molecule has 0 bridgehead atoms. The number of nitriles is 2. The van der Waals surface area contributed by atoms with Gasteiger partial charge in [0, 0.05) is 0 Å². The average molecular weight is 455 g/mol. The van der Waals surface area contributed by atoms with E-state index < -0.39 is 0 Å². The van der Waals surface area contributed by atoms with E-state index in [0.29, 0.717) is 11.1 Å². The minimum absolute atomic E-state index is 0.667. The van der Waals surface area contributed by atoms with Crippen molar-refractivity contribution < 1.29 is 0 Å². The molecule has 0 unspecified atom stereocenters. The summed E-state index contributed by atoms with van der Waals surface area (Å²) in [4.78, 5) is 0. The Morgan fingerprint density at radius 3 is 1.11 bits per heavy atom. The predicted molar refractivity (Wildman–Crippen MR) is 148 cm³/mol. The van der Waals surface area contributed by atoms with Gasteiger partial charge in [0.2, 0.25) is 0 Å². The first-order valence-electron chi connectivity index (χ1n) is 11.9. The zero-order chi connectivity index (χ0) is 24.2. The molecule has 0 atom stereocenters. The lowest BCUT2D eigenvalue weighted by Crippen LogP contribution is -1.91. The van der Waals surface area contributed by atoms with E-state index in [0.717, 1.165) is 11.1 Å². The highest BCUT2D eigenvalue weighted by molar-refractivity contribution is 6.35. The zero-order valence-electron chi connectivity index (χ0n) is 19.3. The van der Waals surface area contributed by atoms with Crippen molar-refractivity contribution in [2.45, 2.75) is 0 Å². The monoisotopic (exact) mass is 454 g/mol. The molecule has 0 heterocycles. The summed E-state index contributed by atoms with van der Waals surface area (Å²) < 4.78 is 0. The van der Waals surface area contributed by atoms with Gasteiger partial charge in [0.15, 0.2) is 0 Å². The van der Waals surface area contributed by atoms with Crippen LogP contribution in [0.15, 0.2) is 109 Å². The standard InChI is InChI=1S/C34H18N2/c35-19-21-7-11-23(12-8-21)25-15-17-31-32-18-16-26(24-13-9-22(20-36)10-14-24)28-4-2-6-30(34(28)32)29-5-1-3-27(25)33(29)31/h1-18H. The van der Waals surface area contributed by atoms with Gasteiger partial charge in [0.25, 0.3) is 0 Å². The Morgan fingerprint density at radius 1 is 0.361 bits per heavy atom. The largest absolute Gasteiger partial charge is 0.192 e. The van der Waals surface area contributed by atoms with Crippen molar-refractivity contribution in [2.75, 3.05) is 0 Å². The number of hydrogen-bond donors (Lipinski definition) is 0. The van der Waals surface area contributed by atoms with Gasteiger partial charge in [-0.25, -0.2) is 0 Å². The predicted octanol–water partition coefficient (Wildman–Crippen LogP) is 8.81. The first kappa shape index (κ1) is 20.2. The number of benzene rings is 7. The summed E-state index contributed by atoms with van der Waals surface area (Å²) in [5, 5.41) is 28.3. The molecule has 36 heavy (non-hydrogen) atoms. The van der Waals surface area contributed by atoms with Crippen LogP contribution in [0, 0.1) is 22.7 Å². The molecule has 0 aliphatic heterocycles. The molecule has 0 spiro atoms. The van der Waals surface area contributed by atoms with Gasteiger partial charge in [0.1, 0.15) is 0 Å². The van der Waals surface area contributed by atoms with Gasteiger partial charge in [-0.05, 0) is 89.6 Å². The van der Waals surface area contributed by atoms with Crippen LogP contribution in [0.1, 0.15) is 11.1 Å². The van der Waals surface area contributed by atoms with Crippen LogP contribution in [0.3, 0.4) is 0 Å². The smallest absolute Gasteiger partial charge is 0.0991 e. The van der Waals surface area contributed by atoms with E-state index in [2.05, 4.69) is 72.8 Å². The minimum Gasteiger partial charge on any atom is -0.192 e. The topological polar surface area (TPSA) is 47.6 Å². The molecule has 0 aliphatic rings. The zero-order valence-corrected chi connectivity index (χ0v) is 19.3. The summed E-state index contributed by atoms with van der Waals surface area (Å²) >= 11 is 0. The molecule has 2 nitrogen and oxygen atoms in total. The summed E-state index contributed by atoms with van der Waals surface area (Å²) in [5.74, 6) is 0. The van der Waals surface area contributed by atoms with Gasteiger partial charge in [0.05, 0.1) is 23.3 Å². The van der Waals surface area contributed by atoms with Gasteiger partial charge in [-0.2, -0.15) is 10.5 Å². The molecule has 0 aromatic heterocycles. The SMILES string of the molecule is N#Cc1ccc(-c2ccc3c4ccc(-c5ccc(C#N)cc5)c5cccc(c6cccc2c63)c54)cc1. The highest BCUT2D eigenvalue weighted by Crippen LogP contribution is 2.44. The number of hydrogen-bond acceptors (Lipinski definition) is 2. The van der Waals surface area contributed by atoms with Crippen LogP contribution in [0.2, 0.25) is 0 Å². The maximum atomic E-state index is 9.20. The molecular weight excluding hydrogens is 436 g/mol. The van der Waals surface area contributed by atoms with E-state index in [9.17, 15) is 10.5 Å². The van der Waals surface area contributed by atoms with Gasteiger partial charge in [-0.1, -0.05) is 84.9 Å². The Balaban J connectivity index is 1.56. The fraction of sp³-hybridized carbons (Fsp3) is 0. The molecule has 0 N–H and O–H groups in total. The summed E-state index contributed by atoms with van der Waals surface area (Å²) in [6.45, 7) is 0. The first-order valence-corrected chi connectivity index (χ1v) is 11.9. The molecule has 0 fully saturated rings. The third-order valence-electron chi connectivity index (χ3n) is 7.31. The van der Waals surface area contributed by atoms with Gasteiger partial charge in [-0.15, -0.1) is 0 Å². The lowest BCUT2D eigenvalue weighted by Gasteiger charge is -2.18. The van der Waals surface area contributed by atoms with Crippen LogP contribution in [-0.2, 0) is 0 Å². The van der Waals surface area contributed by atoms with Crippen molar-refractivity contribution in [1.29, 1.82) is 10.5 Å². The highest BCUT2D eigenvalue weighted by Gasteiger charge is 2.17. The second-order valence-electron chi connectivity index (χ2n) is 9.16. The van der Waals surface area contributed by atoms with Crippen molar-refractivity contribution in [3.63, 3.8) is 0 Å². The quantitative estimate of drug-likeness (QED) is 0.193. The first-order chi connectivity index (χ1) is 17.8. The normalized spacial score (nSPS) is 11.3. The molecule has 7 aromatic rings. The van der Waals surface area contributed by atoms with Crippen LogP contribution < -0.4 is 0 Å². The fourth-order valence-corrected chi connectivity index (χ4v) is 5.66. The lowest BCUT2D eigenvalue weighted by molar-refractivity contribution is 1.48. The Morgan fingerprint density at radius 2 is 0.722 bits per heavy atom. The molecule has 2 heteroatoms. The number of fused-ring (bicyclic) bond motifs is 2. The fourth-order valence-electron chi connectivity index (χ4n) is 5.66. The van der Waals surface area contributed by atoms with Gasteiger partial charge in [-0.3, -0.25) is 0 Å². The molecule has 0 amide bonds. The Hall–Kier alpha value is -5.18. The maximum absolute atomic E-state index is 9.20. The molecule has 0 radical (unpaired) electrons. The van der Waals surface area contributed by atoms with Crippen LogP contribution >= 0.6 is 0 Å². The van der Waals surface area contributed by atoms with Crippen molar-refractivity contribution >= 4 is 43.1 Å². The Kier molecular flexibility index (Phi) is 4.31. The molecule has 0 aliphatic carbocycles. The third kappa shape index (κ3) is 2.83. The third-order valence-corrected chi connectivity index (χ3v) is 7.31. The molecule has 164 valence electrons. The van der Waals surface area contributed by atoms with Crippen molar-refractivity contribution in [2.24, 2.45) is 0 Å². The molecule has 7 rings (SSSR count). The second-order valence-corrected chi connectivity index (χ2v) is 9.16. The van der Waals surface area contributed by atoms with Gasteiger partial charge >= 0.3 is 0 Å². The number of nitrogens with zero attached hydrogens (tertiary/aromatic N) is 2. The van der Waals surface area contributed by atoms with Crippen LogP contribution in [0.5, 0.6) is 0 Å². The summed E-state index contributed by atoms with van der Waals surface area (Å²) in [7, 11) is 0. The second kappa shape index (κ2) is 7.67. The van der Waals surface area contributed by atoms with Crippen molar-refractivity contribution in [1.82, 2.24) is 0 Å². The minimum atomic E-state index is 0.667. The van der Waals surface area contributed by atoms with Crippen LogP contribution in [0.4, 0.5) is 0 Å². The van der Waals surface area contributed by atoms with E-state index >= 15 is 0 Å². The Bertz CT molecular complexity index is 1860.